The third-order valence-corrected chi connectivity index (χ3v) is 5.11. The van der Waals surface area contributed by atoms with E-state index >= 15 is 0 Å². The normalized spacial score (nSPS) is 14.4. The maximum atomic E-state index is 11.9. The van der Waals surface area contributed by atoms with Gasteiger partial charge in [-0.05, 0) is 65.4 Å². The lowest BCUT2D eigenvalue weighted by molar-refractivity contribution is -0.119. The topological polar surface area (TPSA) is 60.8 Å². The fourth-order valence-electron chi connectivity index (χ4n) is 3.26. The van der Waals surface area contributed by atoms with E-state index in [2.05, 4.69) is 24.0 Å². The first-order valence-electron chi connectivity index (χ1n) is 9.70. The number of carbonyl (C=O) groups is 1. The van der Waals surface area contributed by atoms with E-state index in [1.165, 1.54) is 0 Å². The maximum absolute atomic E-state index is 11.9. The SMILES string of the molecule is CN(C)C1CCN(C=O)CC1.Cc1cc2[nH]c(=O)c(C)ccccc(C)n2c1. The summed E-state index contributed by atoms with van der Waals surface area (Å²) in [7, 11) is 4.20. The van der Waals surface area contributed by atoms with Crippen molar-refractivity contribution in [3.8, 4) is 0 Å². The molecule has 0 radical (unpaired) electrons. The van der Waals surface area contributed by atoms with Gasteiger partial charge < -0.3 is 19.2 Å². The van der Waals surface area contributed by atoms with E-state index in [0.717, 1.165) is 49.2 Å². The van der Waals surface area contributed by atoms with Gasteiger partial charge in [0.1, 0.15) is 5.65 Å². The molecule has 2 aromatic heterocycles. The highest BCUT2D eigenvalue weighted by atomic mass is 16.1. The monoisotopic (exact) mass is 384 g/mol. The van der Waals surface area contributed by atoms with Crippen molar-refractivity contribution in [3.05, 3.63) is 63.7 Å². The van der Waals surface area contributed by atoms with Crippen LogP contribution in [0.2, 0.25) is 0 Å². The van der Waals surface area contributed by atoms with Gasteiger partial charge in [-0.1, -0.05) is 18.2 Å². The number of hydrogen-bond donors (Lipinski definition) is 1. The first-order chi connectivity index (χ1) is 13.3. The maximum Gasteiger partial charge on any atom is 0.252 e. The highest BCUT2D eigenvalue weighted by molar-refractivity contribution is 5.47. The van der Waals surface area contributed by atoms with Crippen molar-refractivity contribution in [1.29, 1.82) is 0 Å². The zero-order valence-electron chi connectivity index (χ0n) is 17.6. The van der Waals surface area contributed by atoms with Gasteiger partial charge in [0.25, 0.3) is 5.56 Å². The number of piperidine rings is 1. The Morgan fingerprint density at radius 2 is 1.75 bits per heavy atom. The lowest BCUT2D eigenvalue weighted by Gasteiger charge is -2.33. The molecular formula is C22H32N4O2. The molecule has 1 aliphatic rings. The Labute approximate surface area is 167 Å². The number of nitrogens with one attached hydrogen (secondary N) is 1. The zero-order chi connectivity index (χ0) is 20.7. The molecule has 0 saturated carbocycles. The van der Waals surface area contributed by atoms with Crippen LogP contribution in [0.1, 0.15) is 29.7 Å². The average Bonchev–Trinajstić information content (AvgIpc) is 3.05. The summed E-state index contributed by atoms with van der Waals surface area (Å²) in [6.07, 6.45) is 5.19. The molecule has 1 fully saturated rings. The number of H-pyrrole nitrogens is 1. The van der Waals surface area contributed by atoms with Crippen LogP contribution < -0.4 is 5.56 Å². The Morgan fingerprint density at radius 3 is 2.36 bits per heavy atom. The number of rotatable bonds is 2. The minimum atomic E-state index is -0.0660. The highest BCUT2D eigenvalue weighted by Crippen LogP contribution is 2.12. The Hall–Kier alpha value is -2.60. The molecule has 3 rings (SSSR count). The van der Waals surface area contributed by atoms with E-state index in [9.17, 15) is 9.59 Å². The van der Waals surface area contributed by atoms with Crippen molar-refractivity contribution in [2.24, 2.45) is 0 Å². The molecular weight excluding hydrogens is 352 g/mol. The van der Waals surface area contributed by atoms with Gasteiger partial charge in [0.05, 0.1) is 0 Å². The number of aryl methyl sites for hydroxylation is 3. The predicted octanol–water partition coefficient (Wildman–Crippen LogP) is 2.85. The molecule has 1 amide bonds. The minimum absolute atomic E-state index is 0.0660. The third kappa shape index (κ3) is 5.96. The van der Waals surface area contributed by atoms with E-state index in [-0.39, 0.29) is 5.56 Å². The van der Waals surface area contributed by atoms with Gasteiger partial charge in [-0.3, -0.25) is 9.59 Å². The van der Waals surface area contributed by atoms with Crippen LogP contribution in [0, 0.1) is 20.8 Å². The number of carbonyl (C=O) groups excluding carboxylic acids is 1. The van der Waals surface area contributed by atoms with Crippen LogP contribution in [-0.2, 0) is 4.79 Å². The smallest absolute Gasteiger partial charge is 0.252 e. The third-order valence-electron chi connectivity index (χ3n) is 5.11. The Morgan fingerprint density at radius 1 is 1.11 bits per heavy atom. The molecule has 6 nitrogen and oxygen atoms in total. The summed E-state index contributed by atoms with van der Waals surface area (Å²) < 4.78 is 1.98. The predicted molar refractivity (Wildman–Crippen MR) is 114 cm³/mol. The zero-order valence-corrected chi connectivity index (χ0v) is 17.6. The van der Waals surface area contributed by atoms with E-state index in [1.807, 2.05) is 59.7 Å². The minimum Gasteiger partial charge on any atom is -0.345 e. The van der Waals surface area contributed by atoms with Crippen molar-refractivity contribution < 1.29 is 4.79 Å². The molecule has 0 bridgehead atoms. The second kappa shape index (κ2) is 10.1. The number of likely N-dealkylation sites (tertiary alicyclic amines) is 1. The van der Waals surface area contributed by atoms with Crippen molar-refractivity contribution in [3.63, 3.8) is 0 Å². The molecule has 1 N–H and O–H groups in total. The standard InChI is InChI=1S/C14H16N2O.C8H16N2O/c1-10-8-13-15-14(17)11(2)6-4-5-7-12(3)16(13)9-10;1-9(2)8-3-5-10(7-11)6-4-8/h4-9H,1-3H3,(H,15,17);7-8H,3-6H2,1-2H3. The Kier molecular flexibility index (Phi) is 7.81. The van der Waals surface area contributed by atoms with E-state index < -0.39 is 0 Å². The van der Waals surface area contributed by atoms with Crippen molar-refractivity contribution in [2.45, 2.75) is 39.7 Å². The van der Waals surface area contributed by atoms with E-state index in [4.69, 9.17) is 0 Å². The summed E-state index contributed by atoms with van der Waals surface area (Å²) in [5.41, 5.74) is 3.63. The van der Waals surface area contributed by atoms with Crippen LogP contribution in [0.25, 0.3) is 5.65 Å². The molecule has 28 heavy (non-hydrogen) atoms. The van der Waals surface area contributed by atoms with E-state index in [1.54, 1.807) is 6.92 Å². The van der Waals surface area contributed by atoms with Crippen molar-refractivity contribution in [2.75, 3.05) is 27.2 Å². The largest absolute Gasteiger partial charge is 0.345 e. The van der Waals surface area contributed by atoms with E-state index in [0.29, 0.717) is 11.6 Å². The van der Waals surface area contributed by atoms with Crippen LogP contribution in [0.4, 0.5) is 0 Å². The van der Waals surface area contributed by atoms with Gasteiger partial charge in [0.15, 0.2) is 0 Å². The molecule has 6 heteroatoms. The summed E-state index contributed by atoms with van der Waals surface area (Å²) in [5, 5.41) is 0. The van der Waals surface area contributed by atoms with Crippen LogP contribution in [-0.4, -0.2) is 58.8 Å². The van der Waals surface area contributed by atoms with Gasteiger partial charge in [-0.2, -0.15) is 0 Å². The van der Waals surface area contributed by atoms with Crippen LogP contribution in [0.3, 0.4) is 0 Å². The molecule has 1 aliphatic heterocycles. The highest BCUT2D eigenvalue weighted by Gasteiger charge is 2.18. The molecule has 1 saturated heterocycles. The molecule has 0 aliphatic carbocycles. The quantitative estimate of drug-likeness (QED) is 0.810. The van der Waals surface area contributed by atoms with Crippen LogP contribution >= 0.6 is 0 Å². The van der Waals surface area contributed by atoms with Gasteiger partial charge in [0, 0.05) is 36.6 Å². The van der Waals surface area contributed by atoms with Gasteiger partial charge >= 0.3 is 0 Å². The summed E-state index contributed by atoms with van der Waals surface area (Å²) in [4.78, 5) is 29.2. The lowest BCUT2D eigenvalue weighted by Crippen LogP contribution is -2.41. The summed E-state index contributed by atoms with van der Waals surface area (Å²) >= 11 is 0. The summed E-state index contributed by atoms with van der Waals surface area (Å²) in [6.45, 7) is 7.67. The number of aromatic nitrogens is 2. The number of hydrogen-bond acceptors (Lipinski definition) is 3. The summed E-state index contributed by atoms with van der Waals surface area (Å²) in [5.74, 6) is 0. The molecule has 0 aromatic carbocycles. The average molecular weight is 385 g/mol. The van der Waals surface area contributed by atoms with Crippen LogP contribution in [0.15, 0.2) is 41.3 Å². The van der Waals surface area contributed by atoms with Gasteiger partial charge in [0.2, 0.25) is 6.41 Å². The number of aromatic amines is 1. The molecule has 3 heterocycles. The van der Waals surface area contributed by atoms with Crippen molar-refractivity contribution >= 4 is 12.1 Å². The summed E-state index contributed by atoms with van der Waals surface area (Å²) in [6, 6.07) is 10.3. The lowest BCUT2D eigenvalue weighted by atomic mass is 10.1. The first kappa shape index (κ1) is 21.7. The Balaban J connectivity index is 0.000000221. The molecule has 2 aromatic rings. The molecule has 0 spiro atoms. The Bertz CT molecular complexity index is 904. The fourth-order valence-corrected chi connectivity index (χ4v) is 3.26. The number of amides is 1. The molecule has 0 unspecified atom stereocenters. The van der Waals surface area contributed by atoms with Crippen LogP contribution in [0.5, 0.6) is 0 Å². The van der Waals surface area contributed by atoms with Gasteiger partial charge in [-0.15, -0.1) is 0 Å². The first-order valence-corrected chi connectivity index (χ1v) is 9.70. The molecule has 0 atom stereocenters. The fraction of sp³-hybridized carbons (Fsp3) is 0.455. The van der Waals surface area contributed by atoms with Gasteiger partial charge in [-0.25, -0.2) is 0 Å². The number of fused-ring (bicyclic) bond motifs is 1. The second-order valence-corrected chi connectivity index (χ2v) is 7.61. The number of nitrogens with zero attached hydrogens (tertiary/aromatic N) is 3. The second-order valence-electron chi connectivity index (χ2n) is 7.61. The van der Waals surface area contributed by atoms with Crippen molar-refractivity contribution in [1.82, 2.24) is 19.2 Å². The molecule has 152 valence electrons.